The number of amides is 1. The minimum absolute atomic E-state index is 0.223. The van der Waals surface area contributed by atoms with E-state index in [9.17, 15) is 14.7 Å². The fourth-order valence-corrected chi connectivity index (χ4v) is 1.62. The Morgan fingerprint density at radius 3 is 2.24 bits per heavy atom. The van der Waals surface area contributed by atoms with Gasteiger partial charge in [0.2, 0.25) is 5.91 Å². The molecule has 1 amide bonds. The van der Waals surface area contributed by atoms with Gasteiger partial charge in [-0.2, -0.15) is 0 Å². The molecule has 2 atom stereocenters. The van der Waals surface area contributed by atoms with Crippen LogP contribution in [0.5, 0.6) is 0 Å². The lowest BCUT2D eigenvalue weighted by Crippen LogP contribution is -2.46. The van der Waals surface area contributed by atoms with Gasteiger partial charge in [-0.05, 0) is 25.2 Å². The fraction of sp³-hybridized carbons (Fsp3) is 0.833. The largest absolute Gasteiger partial charge is 0.479 e. The van der Waals surface area contributed by atoms with Crippen LogP contribution in [0.25, 0.3) is 0 Å². The Kier molecular flexibility index (Phi) is 6.16. The maximum Gasteiger partial charge on any atom is 0.337 e. The van der Waals surface area contributed by atoms with Crippen molar-refractivity contribution >= 4 is 11.9 Å². The molecule has 3 N–H and O–H groups in total. The number of hydrogen-bond acceptors (Lipinski definition) is 3. The van der Waals surface area contributed by atoms with Crippen LogP contribution in [0, 0.1) is 11.8 Å². The summed E-state index contributed by atoms with van der Waals surface area (Å²) in [7, 11) is 0. The second kappa shape index (κ2) is 6.59. The maximum atomic E-state index is 11.5. The van der Waals surface area contributed by atoms with Crippen LogP contribution in [0.1, 0.15) is 40.5 Å². The van der Waals surface area contributed by atoms with Gasteiger partial charge in [-0.15, -0.1) is 0 Å². The molecule has 2 unspecified atom stereocenters. The SMILES string of the molecule is CC(C)CC(C)CC(=O)NCC(C)(O)C(=O)O. The molecule has 0 fully saturated rings. The van der Waals surface area contributed by atoms with Crippen LogP contribution in [0.2, 0.25) is 0 Å². The Hall–Kier alpha value is -1.10. The van der Waals surface area contributed by atoms with Crippen LogP contribution in [0.15, 0.2) is 0 Å². The number of carbonyl (C=O) groups excluding carboxylic acids is 1. The minimum Gasteiger partial charge on any atom is -0.479 e. The lowest BCUT2D eigenvalue weighted by Gasteiger charge is -2.19. The third-order valence-corrected chi connectivity index (χ3v) is 2.50. The molecular formula is C12H23NO4. The summed E-state index contributed by atoms with van der Waals surface area (Å²) in [6.45, 7) is 7.05. The van der Waals surface area contributed by atoms with Crippen molar-refractivity contribution in [3.63, 3.8) is 0 Å². The lowest BCUT2D eigenvalue weighted by molar-refractivity contribution is -0.156. The van der Waals surface area contributed by atoms with E-state index in [0.29, 0.717) is 12.3 Å². The molecule has 0 rings (SSSR count). The summed E-state index contributed by atoms with van der Waals surface area (Å²) in [5.41, 5.74) is -1.91. The highest BCUT2D eigenvalue weighted by molar-refractivity contribution is 5.80. The van der Waals surface area contributed by atoms with Crippen molar-refractivity contribution in [3.8, 4) is 0 Å². The van der Waals surface area contributed by atoms with E-state index in [-0.39, 0.29) is 18.4 Å². The molecule has 0 aliphatic carbocycles. The fourth-order valence-electron chi connectivity index (χ4n) is 1.62. The highest BCUT2D eigenvalue weighted by Crippen LogP contribution is 2.14. The number of aliphatic hydroxyl groups is 1. The smallest absolute Gasteiger partial charge is 0.337 e. The minimum atomic E-state index is -1.91. The summed E-state index contributed by atoms with van der Waals surface area (Å²) in [6, 6.07) is 0. The van der Waals surface area contributed by atoms with Crippen molar-refractivity contribution in [2.75, 3.05) is 6.54 Å². The monoisotopic (exact) mass is 245 g/mol. The molecule has 100 valence electrons. The van der Waals surface area contributed by atoms with Gasteiger partial charge in [-0.1, -0.05) is 20.8 Å². The second-order valence-electron chi connectivity index (χ2n) is 5.29. The lowest BCUT2D eigenvalue weighted by atomic mass is 9.95. The summed E-state index contributed by atoms with van der Waals surface area (Å²) in [5, 5.41) is 20.5. The quantitative estimate of drug-likeness (QED) is 0.624. The summed E-state index contributed by atoms with van der Waals surface area (Å²) < 4.78 is 0. The third-order valence-electron chi connectivity index (χ3n) is 2.50. The molecule has 0 aromatic rings. The number of carbonyl (C=O) groups is 2. The predicted octanol–water partition coefficient (Wildman–Crippen LogP) is 1.01. The first-order chi connectivity index (χ1) is 7.65. The van der Waals surface area contributed by atoms with Crippen molar-refractivity contribution < 1.29 is 19.8 Å². The number of carboxylic acids is 1. The Labute approximate surface area is 102 Å². The predicted molar refractivity (Wildman–Crippen MR) is 64.5 cm³/mol. The van der Waals surface area contributed by atoms with E-state index in [4.69, 9.17) is 5.11 Å². The van der Waals surface area contributed by atoms with Gasteiger partial charge >= 0.3 is 5.97 Å². The zero-order chi connectivity index (χ0) is 13.6. The maximum absolute atomic E-state index is 11.5. The van der Waals surface area contributed by atoms with Crippen molar-refractivity contribution in [1.82, 2.24) is 5.32 Å². The molecule has 0 saturated heterocycles. The molecule has 0 aromatic carbocycles. The van der Waals surface area contributed by atoms with Gasteiger partial charge in [0.1, 0.15) is 0 Å². The molecule has 0 aliphatic rings. The molecule has 0 bridgehead atoms. The van der Waals surface area contributed by atoms with Gasteiger partial charge in [0.15, 0.2) is 5.60 Å². The molecule has 0 aromatic heterocycles. The van der Waals surface area contributed by atoms with E-state index >= 15 is 0 Å². The zero-order valence-electron chi connectivity index (χ0n) is 11.0. The molecule has 5 heteroatoms. The van der Waals surface area contributed by atoms with Gasteiger partial charge in [-0.3, -0.25) is 4.79 Å². The van der Waals surface area contributed by atoms with Gasteiger partial charge < -0.3 is 15.5 Å². The Morgan fingerprint density at radius 2 is 1.82 bits per heavy atom. The molecule has 0 saturated carbocycles. The number of aliphatic carboxylic acids is 1. The summed E-state index contributed by atoms with van der Waals surface area (Å²) in [6.07, 6.45) is 1.30. The zero-order valence-corrected chi connectivity index (χ0v) is 11.0. The first-order valence-corrected chi connectivity index (χ1v) is 5.87. The van der Waals surface area contributed by atoms with E-state index in [2.05, 4.69) is 19.2 Å². The summed E-state index contributed by atoms with van der Waals surface area (Å²) >= 11 is 0. The normalized spacial score (nSPS) is 16.4. The summed E-state index contributed by atoms with van der Waals surface area (Å²) in [5.74, 6) is -0.780. The van der Waals surface area contributed by atoms with E-state index in [0.717, 1.165) is 13.3 Å². The number of carboxylic acid groups (broad SMARTS) is 1. The van der Waals surface area contributed by atoms with E-state index < -0.39 is 11.6 Å². The van der Waals surface area contributed by atoms with Gasteiger partial charge in [0, 0.05) is 6.42 Å². The number of rotatable bonds is 7. The average molecular weight is 245 g/mol. The Balaban J connectivity index is 4.00. The van der Waals surface area contributed by atoms with Crippen LogP contribution in [-0.2, 0) is 9.59 Å². The van der Waals surface area contributed by atoms with Crippen LogP contribution < -0.4 is 5.32 Å². The Morgan fingerprint density at radius 1 is 1.29 bits per heavy atom. The van der Waals surface area contributed by atoms with Crippen LogP contribution >= 0.6 is 0 Å². The van der Waals surface area contributed by atoms with Gasteiger partial charge in [0.05, 0.1) is 6.54 Å². The molecule has 5 nitrogen and oxygen atoms in total. The van der Waals surface area contributed by atoms with Crippen molar-refractivity contribution in [1.29, 1.82) is 0 Å². The third kappa shape index (κ3) is 6.94. The molecule has 17 heavy (non-hydrogen) atoms. The number of hydrogen-bond donors (Lipinski definition) is 3. The molecule has 0 radical (unpaired) electrons. The first-order valence-electron chi connectivity index (χ1n) is 5.87. The first kappa shape index (κ1) is 15.9. The molecule has 0 aliphatic heterocycles. The van der Waals surface area contributed by atoms with Crippen molar-refractivity contribution in [2.24, 2.45) is 11.8 Å². The van der Waals surface area contributed by atoms with Gasteiger partial charge in [0.25, 0.3) is 0 Å². The summed E-state index contributed by atoms with van der Waals surface area (Å²) in [4.78, 5) is 22.1. The van der Waals surface area contributed by atoms with Gasteiger partial charge in [-0.25, -0.2) is 4.79 Å². The van der Waals surface area contributed by atoms with E-state index in [1.54, 1.807) is 0 Å². The van der Waals surface area contributed by atoms with Crippen LogP contribution in [-0.4, -0.2) is 34.2 Å². The average Bonchev–Trinajstić information content (AvgIpc) is 2.13. The second-order valence-corrected chi connectivity index (χ2v) is 5.29. The van der Waals surface area contributed by atoms with E-state index in [1.165, 1.54) is 0 Å². The molecular weight excluding hydrogens is 222 g/mol. The van der Waals surface area contributed by atoms with Crippen molar-refractivity contribution in [3.05, 3.63) is 0 Å². The van der Waals surface area contributed by atoms with Crippen molar-refractivity contribution in [2.45, 2.75) is 46.1 Å². The standard InChI is InChI=1S/C12H23NO4/c1-8(2)5-9(3)6-10(14)13-7-12(4,17)11(15)16/h8-9,17H,5-7H2,1-4H3,(H,13,14)(H,15,16). The molecule has 0 spiro atoms. The van der Waals surface area contributed by atoms with Crippen LogP contribution in [0.3, 0.4) is 0 Å². The highest BCUT2D eigenvalue weighted by Gasteiger charge is 2.30. The Bertz CT molecular complexity index is 274. The topological polar surface area (TPSA) is 86.6 Å². The van der Waals surface area contributed by atoms with Crippen LogP contribution in [0.4, 0.5) is 0 Å². The highest BCUT2D eigenvalue weighted by atomic mass is 16.4. The number of nitrogens with one attached hydrogen (secondary N) is 1. The van der Waals surface area contributed by atoms with E-state index in [1.807, 2.05) is 6.92 Å². The molecule has 0 heterocycles.